The first kappa shape index (κ1) is 25.9. The van der Waals surface area contributed by atoms with Gasteiger partial charge >= 0.3 is 0 Å². The number of aryl methyl sites for hydroxylation is 1. The molecule has 0 spiro atoms. The van der Waals surface area contributed by atoms with E-state index < -0.39 is 6.17 Å². The smallest absolute Gasteiger partial charge is 0.220 e. The second kappa shape index (κ2) is 11.3. The van der Waals surface area contributed by atoms with Crippen molar-refractivity contribution in [3.63, 3.8) is 0 Å². The average Bonchev–Trinajstić information content (AvgIpc) is 3.47. The summed E-state index contributed by atoms with van der Waals surface area (Å²) in [7, 11) is 3.41. The molecule has 11 heteroatoms. The third-order valence-electron chi connectivity index (χ3n) is 5.98. The van der Waals surface area contributed by atoms with Gasteiger partial charge in [0.15, 0.2) is 5.84 Å². The zero-order chi connectivity index (χ0) is 25.8. The van der Waals surface area contributed by atoms with Crippen LogP contribution in [0.25, 0.3) is 0 Å². The summed E-state index contributed by atoms with van der Waals surface area (Å²) in [6.45, 7) is 4.44. The Morgan fingerprint density at radius 3 is 2.83 bits per heavy atom. The molecule has 2 aromatic rings. The molecule has 4 rings (SSSR count). The molecule has 2 aliphatic rings. The number of nitrogens with zero attached hydrogens (tertiary/aromatic N) is 6. The maximum atomic E-state index is 11.9. The summed E-state index contributed by atoms with van der Waals surface area (Å²) in [6.07, 6.45) is 8.87. The van der Waals surface area contributed by atoms with E-state index in [1.54, 1.807) is 36.3 Å². The molecule has 2 unspecified atom stereocenters. The Kier molecular flexibility index (Phi) is 8.11. The monoisotopic (exact) mass is 529 g/mol. The molecule has 1 aromatic carbocycles. The molecule has 36 heavy (non-hydrogen) atoms. The van der Waals surface area contributed by atoms with Crippen molar-refractivity contribution in [1.82, 2.24) is 15.1 Å². The van der Waals surface area contributed by atoms with E-state index >= 15 is 0 Å². The van der Waals surface area contributed by atoms with Gasteiger partial charge in [0.25, 0.3) is 0 Å². The standard InChI is InChI=1S/C25H29Cl2N7O2/c1-5-6-19-25(32-20(12-28-19)16-11-29-33(3)13-16)30-15(2)34(14-17-7-10-22(35)31-17)24-18(26)8-9-21(36-4)23(24)27/h6,8-9,11-13,15,17H,5,7,10,14H2,1-4H3,(H,31,35)/b19-6+,30-25+. The normalized spacial score (nSPS) is 20.6. The van der Waals surface area contributed by atoms with Gasteiger partial charge in [-0.25, -0.2) is 9.98 Å². The minimum atomic E-state index is -0.438. The van der Waals surface area contributed by atoms with Crippen LogP contribution in [-0.2, 0) is 11.8 Å². The molecule has 0 bridgehead atoms. The summed E-state index contributed by atoms with van der Waals surface area (Å²) in [6, 6.07) is 3.40. The van der Waals surface area contributed by atoms with E-state index in [0.717, 1.165) is 12.0 Å². The van der Waals surface area contributed by atoms with Crippen molar-refractivity contribution < 1.29 is 9.53 Å². The number of amidine groups is 1. The molecule has 2 atom stereocenters. The number of aromatic nitrogens is 2. The van der Waals surface area contributed by atoms with Gasteiger partial charge in [-0.05, 0) is 31.9 Å². The van der Waals surface area contributed by atoms with Gasteiger partial charge in [-0.1, -0.05) is 36.2 Å². The van der Waals surface area contributed by atoms with Crippen molar-refractivity contribution in [1.29, 1.82) is 0 Å². The molecular formula is C25H29Cl2N7O2. The summed E-state index contributed by atoms with van der Waals surface area (Å²) in [5.74, 6) is 1.03. The lowest BCUT2D eigenvalue weighted by Crippen LogP contribution is -2.43. The van der Waals surface area contributed by atoms with Crippen LogP contribution >= 0.6 is 23.2 Å². The first-order chi connectivity index (χ1) is 17.3. The van der Waals surface area contributed by atoms with Crippen molar-refractivity contribution in [2.45, 2.75) is 45.3 Å². The third kappa shape index (κ3) is 5.63. The highest BCUT2D eigenvalue weighted by molar-refractivity contribution is 6.42. The molecule has 1 aromatic heterocycles. The number of allylic oxidation sites excluding steroid dienone is 1. The van der Waals surface area contributed by atoms with Gasteiger partial charge in [-0.3, -0.25) is 14.5 Å². The number of benzene rings is 1. The molecule has 9 nitrogen and oxygen atoms in total. The van der Waals surface area contributed by atoms with E-state index in [1.165, 1.54) is 0 Å². The molecule has 0 saturated carbocycles. The highest BCUT2D eigenvalue weighted by Gasteiger charge is 2.29. The molecule has 190 valence electrons. The molecule has 2 aliphatic heterocycles. The van der Waals surface area contributed by atoms with Crippen LogP contribution in [-0.4, -0.2) is 59.3 Å². The largest absolute Gasteiger partial charge is 0.495 e. The van der Waals surface area contributed by atoms with Crippen LogP contribution in [0.4, 0.5) is 5.69 Å². The van der Waals surface area contributed by atoms with E-state index in [1.807, 2.05) is 38.1 Å². The number of carbonyl (C=O) groups excluding carboxylic acids is 1. The summed E-state index contributed by atoms with van der Waals surface area (Å²) >= 11 is 13.4. The van der Waals surface area contributed by atoms with Gasteiger partial charge in [0, 0.05) is 37.8 Å². The number of ether oxygens (including phenoxy) is 1. The zero-order valence-corrected chi connectivity index (χ0v) is 22.2. The fourth-order valence-electron chi connectivity index (χ4n) is 4.19. The molecule has 0 aliphatic carbocycles. The molecule has 0 radical (unpaired) electrons. The van der Waals surface area contributed by atoms with Gasteiger partial charge in [0.1, 0.15) is 22.6 Å². The third-order valence-corrected chi connectivity index (χ3v) is 6.65. The van der Waals surface area contributed by atoms with E-state index in [4.69, 9.17) is 37.9 Å². The Balaban J connectivity index is 1.76. The zero-order valence-electron chi connectivity index (χ0n) is 20.7. The van der Waals surface area contributed by atoms with E-state index in [0.29, 0.717) is 58.1 Å². The number of methoxy groups -OCH3 is 1. The number of hydrogen-bond donors (Lipinski definition) is 1. The highest BCUT2D eigenvalue weighted by atomic mass is 35.5. The van der Waals surface area contributed by atoms with Crippen molar-refractivity contribution in [2.75, 3.05) is 18.6 Å². The molecule has 1 fully saturated rings. The van der Waals surface area contributed by atoms with Crippen LogP contribution in [0.15, 0.2) is 51.3 Å². The molecule has 1 amide bonds. The number of nitrogens with one attached hydrogen (secondary N) is 1. The first-order valence-corrected chi connectivity index (χ1v) is 12.5. The van der Waals surface area contributed by atoms with Crippen LogP contribution in [0.5, 0.6) is 5.75 Å². The topological polar surface area (TPSA) is 96.5 Å². The lowest BCUT2D eigenvalue weighted by Gasteiger charge is -2.33. The lowest BCUT2D eigenvalue weighted by molar-refractivity contribution is -0.119. The predicted molar refractivity (Wildman–Crippen MR) is 145 cm³/mol. The number of amides is 1. The number of rotatable bonds is 8. The second-order valence-electron chi connectivity index (χ2n) is 8.61. The van der Waals surface area contributed by atoms with E-state index in [-0.39, 0.29) is 11.9 Å². The summed E-state index contributed by atoms with van der Waals surface area (Å²) in [5, 5.41) is 8.10. The fraction of sp³-hybridized carbons (Fsp3) is 0.400. The van der Waals surface area contributed by atoms with Gasteiger partial charge in [-0.15, -0.1) is 0 Å². The number of halogens is 2. The van der Waals surface area contributed by atoms with Gasteiger partial charge < -0.3 is 15.0 Å². The van der Waals surface area contributed by atoms with Crippen LogP contribution in [0.1, 0.15) is 38.7 Å². The van der Waals surface area contributed by atoms with Gasteiger partial charge in [-0.2, -0.15) is 5.10 Å². The van der Waals surface area contributed by atoms with Crippen LogP contribution < -0.4 is 15.0 Å². The fourth-order valence-corrected chi connectivity index (χ4v) is 4.85. The first-order valence-electron chi connectivity index (χ1n) is 11.8. The summed E-state index contributed by atoms with van der Waals surface area (Å²) in [5.41, 5.74) is 2.80. The van der Waals surface area contributed by atoms with Crippen molar-refractivity contribution in [2.24, 2.45) is 22.0 Å². The van der Waals surface area contributed by atoms with E-state index in [9.17, 15) is 4.79 Å². The minimum Gasteiger partial charge on any atom is -0.495 e. The Labute approximate surface area is 220 Å². The Morgan fingerprint density at radius 2 is 2.19 bits per heavy atom. The van der Waals surface area contributed by atoms with Crippen LogP contribution in [0.2, 0.25) is 10.0 Å². The van der Waals surface area contributed by atoms with Crippen molar-refractivity contribution in [3.8, 4) is 5.75 Å². The minimum absolute atomic E-state index is 0.0299. The van der Waals surface area contributed by atoms with Crippen molar-refractivity contribution in [3.05, 3.63) is 51.9 Å². The summed E-state index contributed by atoms with van der Waals surface area (Å²) < 4.78 is 7.16. The number of anilines is 1. The predicted octanol–water partition coefficient (Wildman–Crippen LogP) is 4.43. The maximum Gasteiger partial charge on any atom is 0.220 e. The van der Waals surface area contributed by atoms with Crippen LogP contribution in [0.3, 0.4) is 0 Å². The molecular weight excluding hydrogens is 501 g/mol. The van der Waals surface area contributed by atoms with Gasteiger partial charge in [0.2, 0.25) is 5.91 Å². The molecule has 1 saturated heterocycles. The average molecular weight is 530 g/mol. The maximum absolute atomic E-state index is 11.9. The summed E-state index contributed by atoms with van der Waals surface area (Å²) in [4.78, 5) is 28.3. The van der Waals surface area contributed by atoms with E-state index in [2.05, 4.69) is 15.4 Å². The van der Waals surface area contributed by atoms with Crippen molar-refractivity contribution >= 4 is 52.6 Å². The highest BCUT2D eigenvalue weighted by Crippen LogP contribution is 2.41. The number of carbonyl (C=O) groups is 1. The quantitative estimate of drug-likeness (QED) is 0.546. The lowest BCUT2D eigenvalue weighted by atomic mass is 10.1. The molecule has 1 N–H and O–H groups in total. The SMILES string of the molecule is CC/C=C1/N=CC(c2cnn(C)c2)=N/C1=N/C(C)N(CC1CCC(=O)N1)c1c(Cl)ccc(OC)c1Cl. The molecule has 3 heterocycles. The number of hydrogen-bond acceptors (Lipinski definition) is 6. The Morgan fingerprint density at radius 1 is 1.39 bits per heavy atom. The van der Waals surface area contributed by atoms with Gasteiger partial charge in [0.05, 0.1) is 35.9 Å². The Bertz CT molecular complexity index is 1270. The Hall–Kier alpha value is -3.17. The second-order valence-corrected chi connectivity index (χ2v) is 9.39. The number of aliphatic imine (C=N–C) groups is 3. The van der Waals surface area contributed by atoms with Crippen LogP contribution in [0, 0.1) is 0 Å².